The molecule has 2 rings (SSSR count). The van der Waals surface area contributed by atoms with E-state index >= 15 is 0 Å². The Morgan fingerprint density at radius 1 is 1.05 bits per heavy atom. The fourth-order valence-corrected chi connectivity index (χ4v) is 1.85. The van der Waals surface area contributed by atoms with Crippen LogP contribution in [0.1, 0.15) is 18.5 Å². The van der Waals surface area contributed by atoms with E-state index in [-0.39, 0.29) is 17.6 Å². The minimum Gasteiger partial charge on any atom is -0.494 e. The first-order valence-electron chi connectivity index (χ1n) is 5.96. The molecule has 4 heteroatoms. The third kappa shape index (κ3) is 3.02. The normalized spacial score (nSPS) is 12.0. The van der Waals surface area contributed by atoms with Crippen LogP contribution < -0.4 is 10.1 Å². The summed E-state index contributed by atoms with van der Waals surface area (Å²) >= 11 is 0. The maximum Gasteiger partial charge on any atom is 0.165 e. The van der Waals surface area contributed by atoms with Gasteiger partial charge in [0.25, 0.3) is 0 Å². The summed E-state index contributed by atoms with van der Waals surface area (Å²) < 4.78 is 32.0. The zero-order chi connectivity index (χ0) is 13.8. The summed E-state index contributed by atoms with van der Waals surface area (Å²) in [5, 5.41) is 3.01. The molecule has 0 radical (unpaired) electrons. The maximum atomic E-state index is 13.6. The van der Waals surface area contributed by atoms with Crippen LogP contribution in [0.4, 0.5) is 14.5 Å². The molecule has 2 nitrogen and oxygen atoms in total. The van der Waals surface area contributed by atoms with E-state index in [2.05, 4.69) is 5.32 Å². The third-order valence-electron chi connectivity index (χ3n) is 2.92. The lowest BCUT2D eigenvalue weighted by molar-refractivity contribution is 0.386. The van der Waals surface area contributed by atoms with E-state index in [1.165, 1.54) is 19.2 Å². The van der Waals surface area contributed by atoms with Gasteiger partial charge < -0.3 is 10.1 Å². The zero-order valence-electron chi connectivity index (χ0n) is 10.8. The Balaban J connectivity index is 2.18. The molecule has 0 aliphatic carbocycles. The Labute approximate surface area is 111 Å². The molecule has 2 aromatic carbocycles. The molecule has 0 aliphatic rings. The van der Waals surface area contributed by atoms with Gasteiger partial charge in [0.1, 0.15) is 5.82 Å². The van der Waals surface area contributed by atoms with Crippen molar-refractivity contribution in [1.29, 1.82) is 0 Å². The van der Waals surface area contributed by atoms with Gasteiger partial charge in [0.2, 0.25) is 0 Å². The van der Waals surface area contributed by atoms with Crippen molar-refractivity contribution in [3.8, 4) is 5.75 Å². The van der Waals surface area contributed by atoms with Crippen molar-refractivity contribution in [1.82, 2.24) is 0 Å². The first kappa shape index (κ1) is 13.3. The van der Waals surface area contributed by atoms with Crippen LogP contribution >= 0.6 is 0 Å². The monoisotopic (exact) mass is 263 g/mol. The topological polar surface area (TPSA) is 21.3 Å². The van der Waals surface area contributed by atoms with Crippen LogP contribution in [0.2, 0.25) is 0 Å². The number of para-hydroxylation sites is 1. The molecule has 19 heavy (non-hydrogen) atoms. The van der Waals surface area contributed by atoms with Crippen molar-refractivity contribution in [2.75, 3.05) is 12.4 Å². The van der Waals surface area contributed by atoms with Crippen LogP contribution in [0.3, 0.4) is 0 Å². The van der Waals surface area contributed by atoms with Crippen LogP contribution in [0.15, 0.2) is 42.5 Å². The molecule has 0 aromatic heterocycles. The minimum atomic E-state index is -0.429. The molecule has 0 heterocycles. The Bertz CT molecular complexity index is 572. The predicted molar refractivity (Wildman–Crippen MR) is 71.4 cm³/mol. The van der Waals surface area contributed by atoms with Gasteiger partial charge in [-0.05, 0) is 36.8 Å². The lowest BCUT2D eigenvalue weighted by Gasteiger charge is -2.16. The highest BCUT2D eigenvalue weighted by atomic mass is 19.1. The highest BCUT2D eigenvalue weighted by molar-refractivity contribution is 5.47. The summed E-state index contributed by atoms with van der Waals surface area (Å²) in [6.45, 7) is 1.84. The fraction of sp³-hybridized carbons (Fsp3) is 0.200. The number of hydrogen-bond acceptors (Lipinski definition) is 2. The Morgan fingerprint density at radius 2 is 1.79 bits per heavy atom. The van der Waals surface area contributed by atoms with Crippen molar-refractivity contribution < 1.29 is 13.5 Å². The number of benzene rings is 2. The van der Waals surface area contributed by atoms with Crippen molar-refractivity contribution in [3.05, 3.63) is 59.7 Å². The zero-order valence-corrected chi connectivity index (χ0v) is 10.8. The summed E-state index contributed by atoms with van der Waals surface area (Å²) in [6.07, 6.45) is 0. The quantitative estimate of drug-likeness (QED) is 0.894. The summed E-state index contributed by atoms with van der Waals surface area (Å²) in [7, 11) is 1.42. The highest BCUT2D eigenvalue weighted by Gasteiger charge is 2.11. The number of methoxy groups -OCH3 is 1. The summed E-state index contributed by atoms with van der Waals surface area (Å²) in [5.74, 6) is -0.563. The van der Waals surface area contributed by atoms with Crippen LogP contribution in [0.5, 0.6) is 5.75 Å². The Hall–Kier alpha value is -2.10. The molecule has 0 bridgehead atoms. The first-order valence-corrected chi connectivity index (χ1v) is 5.96. The average Bonchev–Trinajstić information content (AvgIpc) is 2.41. The van der Waals surface area contributed by atoms with Crippen LogP contribution in [0.25, 0.3) is 0 Å². The molecule has 100 valence electrons. The van der Waals surface area contributed by atoms with Crippen molar-refractivity contribution in [2.45, 2.75) is 13.0 Å². The van der Waals surface area contributed by atoms with Crippen molar-refractivity contribution >= 4 is 5.69 Å². The molecule has 0 fully saturated rings. The minimum absolute atomic E-state index is 0.196. The van der Waals surface area contributed by atoms with Gasteiger partial charge in [0.05, 0.1) is 12.8 Å². The lowest BCUT2D eigenvalue weighted by Crippen LogP contribution is -2.08. The standard InChI is InChI=1S/C15H15F2NO/c1-10(18-14-6-4-3-5-12(14)16)11-7-8-15(19-2)13(17)9-11/h3-10,18H,1-2H3. The number of rotatable bonds is 4. The van der Waals surface area contributed by atoms with E-state index in [0.29, 0.717) is 5.69 Å². The molecule has 0 spiro atoms. The van der Waals surface area contributed by atoms with Gasteiger partial charge in [-0.2, -0.15) is 0 Å². The molecular formula is C15H15F2NO. The van der Waals surface area contributed by atoms with Crippen LogP contribution in [0, 0.1) is 11.6 Å². The Morgan fingerprint density at radius 3 is 2.42 bits per heavy atom. The summed E-state index contributed by atoms with van der Waals surface area (Å²) in [4.78, 5) is 0. The van der Waals surface area contributed by atoms with Gasteiger partial charge in [0.15, 0.2) is 11.6 Å². The van der Waals surface area contributed by atoms with E-state index in [1.807, 2.05) is 6.92 Å². The summed E-state index contributed by atoms with van der Waals surface area (Å²) in [6, 6.07) is 10.9. The Kier molecular flexibility index (Phi) is 4.00. The number of anilines is 1. The molecule has 0 aliphatic heterocycles. The van der Waals surface area contributed by atoms with Crippen molar-refractivity contribution in [2.24, 2.45) is 0 Å². The average molecular weight is 263 g/mol. The second-order valence-electron chi connectivity index (χ2n) is 4.24. The number of nitrogens with one attached hydrogen (secondary N) is 1. The molecule has 0 amide bonds. The van der Waals surface area contributed by atoms with Gasteiger partial charge in [0, 0.05) is 6.04 Å². The molecule has 1 unspecified atom stereocenters. The molecule has 0 saturated heterocycles. The van der Waals surface area contributed by atoms with Gasteiger partial charge >= 0.3 is 0 Å². The number of halogens is 2. The predicted octanol–water partition coefficient (Wildman–Crippen LogP) is 4.15. The SMILES string of the molecule is COc1ccc(C(C)Nc2ccccc2F)cc1F. The maximum absolute atomic E-state index is 13.6. The van der Waals surface area contributed by atoms with E-state index in [1.54, 1.807) is 30.3 Å². The number of ether oxygens (including phenoxy) is 1. The molecule has 1 atom stereocenters. The smallest absolute Gasteiger partial charge is 0.165 e. The first-order chi connectivity index (χ1) is 9.11. The van der Waals surface area contributed by atoms with E-state index in [9.17, 15) is 8.78 Å². The molecule has 2 aromatic rings. The van der Waals surface area contributed by atoms with Gasteiger partial charge in [-0.25, -0.2) is 8.78 Å². The number of hydrogen-bond donors (Lipinski definition) is 1. The largest absolute Gasteiger partial charge is 0.494 e. The second-order valence-corrected chi connectivity index (χ2v) is 4.24. The van der Waals surface area contributed by atoms with Crippen molar-refractivity contribution in [3.63, 3.8) is 0 Å². The highest BCUT2D eigenvalue weighted by Crippen LogP contribution is 2.25. The van der Waals surface area contributed by atoms with Gasteiger partial charge in [-0.1, -0.05) is 18.2 Å². The van der Waals surface area contributed by atoms with E-state index in [4.69, 9.17) is 4.74 Å². The fourth-order valence-electron chi connectivity index (χ4n) is 1.85. The van der Waals surface area contributed by atoms with Gasteiger partial charge in [-0.3, -0.25) is 0 Å². The third-order valence-corrected chi connectivity index (χ3v) is 2.92. The van der Waals surface area contributed by atoms with E-state index < -0.39 is 5.82 Å². The molecule has 1 N–H and O–H groups in total. The molecular weight excluding hydrogens is 248 g/mol. The van der Waals surface area contributed by atoms with E-state index in [0.717, 1.165) is 5.56 Å². The van der Waals surface area contributed by atoms with Crippen LogP contribution in [-0.4, -0.2) is 7.11 Å². The molecule has 0 saturated carbocycles. The lowest BCUT2D eigenvalue weighted by atomic mass is 10.1. The van der Waals surface area contributed by atoms with Gasteiger partial charge in [-0.15, -0.1) is 0 Å². The van der Waals surface area contributed by atoms with Crippen LogP contribution in [-0.2, 0) is 0 Å². The summed E-state index contributed by atoms with van der Waals surface area (Å²) in [5.41, 5.74) is 1.12. The second kappa shape index (κ2) is 5.69.